The molecule has 0 nitrogen and oxygen atoms in total. The predicted octanol–water partition coefficient (Wildman–Crippen LogP) is 14.1. The maximum atomic E-state index is 10.2. The normalized spacial score (nSPS) is 20.1. The molecule has 0 heteroatoms. The van der Waals surface area contributed by atoms with Gasteiger partial charge in [0.25, 0.3) is 0 Å². The van der Waals surface area contributed by atoms with E-state index in [0.717, 1.165) is 6.07 Å². The summed E-state index contributed by atoms with van der Waals surface area (Å²) in [6, 6.07) is -24.9. The highest BCUT2D eigenvalue weighted by atomic mass is 14.2. The topological polar surface area (TPSA) is 0 Å². The molecule has 0 atom stereocenters. The van der Waals surface area contributed by atoms with Gasteiger partial charge in [-0.25, -0.2) is 0 Å². The van der Waals surface area contributed by atoms with E-state index in [-0.39, 0.29) is 16.2 Å². The molecular weight excluding hydrogens is 601 g/mol. The van der Waals surface area contributed by atoms with E-state index in [4.69, 9.17) is 23.3 Å². The monoisotopic (exact) mass is 659 g/mol. The number of rotatable bonds is 4. The third-order valence-corrected chi connectivity index (χ3v) is 8.64. The van der Waals surface area contributed by atoms with Gasteiger partial charge in [-0.05, 0) is 127 Å². The van der Waals surface area contributed by atoms with Gasteiger partial charge in [-0.1, -0.05) is 163 Å². The SMILES string of the molecule is [2H]c1cc(-c2c([2H])c([2H])c3c([2H])c([2H])c4c([2H])c([2H])c([2H])c5c([2H])c([2H])c2c3c45)c(-c2c([2H])c(-c3c([2H])c([2H])c([2H])c([2H])c3[2H])c([2H])c(-c3c([2H])c([2H])c4c([2H])c([2H])c5c([2H])c([2H])c([2H])c6c([2H])c([2H])c3c4c56)c2[2H])c([2H])c1[2H]. The molecule has 0 fully saturated rings. The van der Waals surface area contributed by atoms with E-state index in [0.29, 0.717) is 0 Å². The maximum absolute atomic E-state index is 10.2. The molecule has 0 spiro atoms. The fraction of sp³-hybridized carbons (Fsp3) is 0. The Morgan fingerprint density at radius 1 is 0.260 bits per heavy atom. The maximum Gasteiger partial charge on any atom is 0.0636 e. The smallest absolute Gasteiger partial charge is 0.0622 e. The van der Waals surface area contributed by atoms with Gasteiger partial charge in [0.1, 0.15) is 0 Å². The van der Waals surface area contributed by atoms with Crippen LogP contribution in [0.15, 0.2) is 181 Å². The van der Waals surface area contributed by atoms with E-state index in [2.05, 4.69) is 0 Å². The summed E-state index contributed by atoms with van der Waals surface area (Å²) in [6.45, 7) is 0. The lowest BCUT2D eigenvalue weighted by atomic mass is 9.85. The second kappa shape index (κ2) is 10.5. The fourth-order valence-corrected chi connectivity index (χ4v) is 6.47. The van der Waals surface area contributed by atoms with Crippen LogP contribution in [0.2, 0.25) is 0 Å². The van der Waals surface area contributed by atoms with Crippen LogP contribution in [0.25, 0.3) is 109 Å². The molecule has 11 aromatic rings. The number of hydrogen-bond donors (Lipinski definition) is 0. The summed E-state index contributed by atoms with van der Waals surface area (Å²) in [4.78, 5) is 0. The summed E-state index contributed by atoms with van der Waals surface area (Å²) in [7, 11) is 0. The van der Waals surface area contributed by atoms with Crippen LogP contribution in [-0.2, 0) is 0 Å². The zero-order valence-electron chi connectivity index (χ0n) is 54.1. The Balaban J connectivity index is 1.43. The van der Waals surface area contributed by atoms with Crippen molar-refractivity contribution >= 4 is 64.6 Å². The Hall–Kier alpha value is -6.50. The quantitative estimate of drug-likeness (QED) is 0.165. The first kappa shape index (κ1) is 11.5. The molecule has 230 valence electrons. The molecule has 0 aliphatic carbocycles. The lowest BCUT2D eigenvalue weighted by molar-refractivity contribution is 1.57. The van der Waals surface area contributed by atoms with Crippen molar-refractivity contribution in [3.05, 3.63) is 181 Å². The van der Waals surface area contributed by atoms with Crippen LogP contribution < -0.4 is 0 Å². The van der Waals surface area contributed by atoms with Crippen LogP contribution >= 0.6 is 0 Å². The lowest BCUT2D eigenvalue weighted by Gasteiger charge is -2.18. The van der Waals surface area contributed by atoms with Crippen LogP contribution in [0.4, 0.5) is 0 Å². The molecule has 0 aliphatic heterocycles. The third kappa shape index (κ3) is 4.00. The van der Waals surface area contributed by atoms with Crippen molar-refractivity contribution in [3.8, 4) is 44.5 Å². The zero-order chi connectivity index (χ0) is 58.0. The van der Waals surface area contributed by atoms with Gasteiger partial charge >= 0.3 is 0 Å². The van der Waals surface area contributed by atoms with Gasteiger partial charge in [0.15, 0.2) is 0 Å². The average Bonchev–Trinajstić information content (AvgIpc) is 2.18. The predicted molar refractivity (Wildman–Crippen MR) is 216 cm³/mol. The molecule has 11 aromatic carbocycles. The molecule has 50 heavy (non-hydrogen) atoms. The first-order valence-corrected chi connectivity index (χ1v) is 15.1. The molecule has 0 heterocycles. The minimum absolute atomic E-state index is 0.305. The van der Waals surface area contributed by atoms with E-state index in [1.807, 2.05) is 0 Å². The Labute approximate surface area is 330 Å². The third-order valence-electron chi connectivity index (χ3n) is 8.64. The molecule has 0 unspecified atom stereocenters. The van der Waals surface area contributed by atoms with Gasteiger partial charge in [-0.2, -0.15) is 0 Å². The van der Waals surface area contributed by atoms with Gasteiger partial charge in [0.05, 0.1) is 39.8 Å². The van der Waals surface area contributed by atoms with Crippen molar-refractivity contribution in [2.75, 3.05) is 0 Å². The van der Waals surface area contributed by atoms with E-state index >= 15 is 0 Å². The molecule has 0 aromatic heterocycles. The molecule has 0 N–H and O–H groups in total. The summed E-state index contributed by atoms with van der Waals surface area (Å²) in [5.41, 5.74) is -6.59. The van der Waals surface area contributed by atoms with Crippen LogP contribution in [0, 0.1) is 0 Å². The number of hydrogen-bond acceptors (Lipinski definition) is 0. The zero-order valence-corrected chi connectivity index (χ0v) is 25.1. The highest BCUT2D eigenvalue weighted by Gasteiger charge is 2.18. The second-order valence-corrected chi connectivity index (χ2v) is 11.3. The minimum atomic E-state index is -1.12. The Morgan fingerprint density at radius 2 is 0.720 bits per heavy atom. The Kier molecular flexibility index (Phi) is 2.42. The molecule has 0 radical (unpaired) electrons. The molecule has 0 saturated heterocycles. The summed E-state index contributed by atoms with van der Waals surface area (Å²) in [5, 5.41) is -5.36. The molecule has 0 bridgehead atoms. The molecular formula is C50H30. The second-order valence-electron chi connectivity index (χ2n) is 11.3. The summed E-state index contributed by atoms with van der Waals surface area (Å²) < 4.78 is 266. The van der Waals surface area contributed by atoms with Crippen molar-refractivity contribution in [2.24, 2.45) is 0 Å². The van der Waals surface area contributed by atoms with E-state index < -0.39 is 268 Å². The van der Waals surface area contributed by atoms with Crippen LogP contribution in [0.5, 0.6) is 0 Å². The molecule has 0 aliphatic rings. The van der Waals surface area contributed by atoms with Gasteiger partial charge in [-0.3, -0.25) is 0 Å². The highest BCUT2D eigenvalue weighted by Crippen LogP contribution is 2.45. The average molecular weight is 660 g/mol. The minimum Gasteiger partial charge on any atom is -0.0622 e. The fourth-order valence-electron chi connectivity index (χ4n) is 6.47. The van der Waals surface area contributed by atoms with Gasteiger partial charge in [-0.15, -0.1) is 0 Å². The van der Waals surface area contributed by atoms with E-state index in [9.17, 15) is 16.4 Å². The summed E-state index contributed by atoms with van der Waals surface area (Å²) >= 11 is 0. The van der Waals surface area contributed by atoms with Crippen molar-refractivity contribution in [1.82, 2.24) is 0 Å². The van der Waals surface area contributed by atoms with Crippen molar-refractivity contribution in [3.63, 3.8) is 0 Å². The van der Waals surface area contributed by atoms with Crippen molar-refractivity contribution in [1.29, 1.82) is 0 Å². The molecule has 0 amide bonds. The lowest BCUT2D eigenvalue weighted by Crippen LogP contribution is -1.92. The highest BCUT2D eigenvalue weighted by molar-refractivity contribution is 6.27. The van der Waals surface area contributed by atoms with Gasteiger partial charge in [0, 0.05) is 0 Å². The summed E-state index contributed by atoms with van der Waals surface area (Å²) in [6.07, 6.45) is 0. The largest absolute Gasteiger partial charge is 0.0636 e. The van der Waals surface area contributed by atoms with Gasteiger partial charge < -0.3 is 0 Å². The first-order valence-electron chi connectivity index (χ1n) is 29.6. The van der Waals surface area contributed by atoms with E-state index in [1.165, 1.54) is 0 Å². The van der Waals surface area contributed by atoms with Gasteiger partial charge in [0.2, 0.25) is 0 Å². The molecule has 0 saturated carbocycles. The Morgan fingerprint density at radius 3 is 1.34 bits per heavy atom. The van der Waals surface area contributed by atoms with E-state index in [1.54, 1.807) is 0 Å². The van der Waals surface area contributed by atoms with Crippen LogP contribution in [0.3, 0.4) is 0 Å². The van der Waals surface area contributed by atoms with Crippen molar-refractivity contribution < 1.29 is 39.8 Å². The Bertz CT molecular complexity index is 4670. The van der Waals surface area contributed by atoms with Crippen molar-refractivity contribution in [2.45, 2.75) is 0 Å². The number of benzene rings is 11. The first-order chi connectivity index (χ1) is 36.9. The standard InChI is InChI=1S/C50H30/c1-2-8-31(9-3-1)38-28-39(30-40(29-38)42-24-20-36-18-16-32-10-6-12-34-22-26-45(42)49(36)47(32)34)41-14-4-5-15-43(41)44-25-21-37-19-17-33-11-7-13-35-23-27-46(44)50(37)48(33)35/h1-30H/i1D,2D,3D,4D,5D,6D,7D,8D,9D,10D,11D,12D,13D,14D,16D,17D,18D,19D,20D,21D,22D,23D,24D,25D,26D,27D,28D,29D,30D. The van der Waals surface area contributed by atoms with Crippen LogP contribution in [-0.4, -0.2) is 0 Å². The molecule has 11 rings (SSSR count). The summed E-state index contributed by atoms with van der Waals surface area (Å²) in [5.74, 6) is 0. The van der Waals surface area contributed by atoms with Crippen LogP contribution in [0.1, 0.15) is 39.8 Å².